The Labute approximate surface area is 127 Å². The molecule has 0 atom stereocenters. The third-order valence-electron chi connectivity index (χ3n) is 2.64. The number of unbranched alkanes of at least 4 members (excludes halogenated alkanes) is 1. The molecule has 1 aromatic carbocycles. The van der Waals surface area contributed by atoms with E-state index < -0.39 is 11.7 Å². The molecule has 0 aromatic heterocycles. The maximum absolute atomic E-state index is 12.1. The fourth-order valence-corrected chi connectivity index (χ4v) is 1.65. The highest BCUT2D eigenvalue weighted by molar-refractivity contribution is 5.66. The molecule has 0 spiro atoms. The predicted octanol–water partition coefficient (Wildman–Crippen LogP) is 3.09. The Morgan fingerprint density at radius 1 is 1.19 bits per heavy atom. The van der Waals surface area contributed by atoms with Gasteiger partial charge in [-0.3, -0.25) is 4.84 Å². The summed E-state index contributed by atoms with van der Waals surface area (Å²) >= 11 is 0. The van der Waals surface area contributed by atoms with Crippen LogP contribution in [0.3, 0.4) is 0 Å². The Hall–Kier alpha value is -1.59. The van der Waals surface area contributed by atoms with E-state index >= 15 is 0 Å². The predicted molar refractivity (Wildman–Crippen MR) is 82.5 cm³/mol. The lowest BCUT2D eigenvalue weighted by molar-refractivity contribution is -0.156. The molecular formula is C16H26N2O3. The van der Waals surface area contributed by atoms with Crippen molar-refractivity contribution in [3.63, 3.8) is 0 Å². The number of ether oxygens (including phenoxy) is 1. The number of hydrogen-bond acceptors (Lipinski definition) is 4. The summed E-state index contributed by atoms with van der Waals surface area (Å²) in [4.78, 5) is 17.7. The molecule has 118 valence electrons. The van der Waals surface area contributed by atoms with Crippen molar-refractivity contribution in [1.82, 2.24) is 5.06 Å². The number of rotatable bonds is 7. The zero-order valence-corrected chi connectivity index (χ0v) is 13.2. The maximum atomic E-state index is 12.1. The van der Waals surface area contributed by atoms with Gasteiger partial charge in [-0.25, -0.2) is 4.79 Å². The van der Waals surface area contributed by atoms with Gasteiger partial charge in [-0.05, 0) is 45.7 Å². The van der Waals surface area contributed by atoms with Gasteiger partial charge in [-0.15, -0.1) is 0 Å². The normalized spacial score (nSPS) is 11.2. The molecule has 0 aliphatic rings. The summed E-state index contributed by atoms with van der Waals surface area (Å²) in [5.74, 6) is 0. The number of carbonyl (C=O) groups is 1. The Morgan fingerprint density at radius 2 is 1.86 bits per heavy atom. The van der Waals surface area contributed by atoms with Crippen LogP contribution < -0.4 is 5.73 Å². The van der Waals surface area contributed by atoms with Crippen LogP contribution >= 0.6 is 0 Å². The third kappa shape index (κ3) is 7.68. The minimum atomic E-state index is -0.542. The molecule has 0 saturated heterocycles. The Kier molecular flexibility index (Phi) is 7.19. The lowest BCUT2D eigenvalue weighted by atomic mass is 10.2. The van der Waals surface area contributed by atoms with Gasteiger partial charge in [-0.2, -0.15) is 5.06 Å². The lowest BCUT2D eigenvalue weighted by Gasteiger charge is -2.26. The van der Waals surface area contributed by atoms with Gasteiger partial charge in [0.1, 0.15) is 12.2 Å². The highest BCUT2D eigenvalue weighted by Gasteiger charge is 2.22. The molecule has 0 fully saturated rings. The second-order valence-electron chi connectivity index (χ2n) is 5.84. The van der Waals surface area contributed by atoms with E-state index in [0.717, 1.165) is 18.4 Å². The first-order chi connectivity index (χ1) is 9.92. The van der Waals surface area contributed by atoms with Crippen LogP contribution in [0.4, 0.5) is 4.79 Å². The molecule has 1 rings (SSSR count). The number of carbonyl (C=O) groups excluding carboxylic acids is 1. The minimum Gasteiger partial charge on any atom is -0.442 e. The Bertz CT molecular complexity index is 415. The van der Waals surface area contributed by atoms with E-state index in [2.05, 4.69) is 0 Å². The van der Waals surface area contributed by atoms with Crippen LogP contribution in [0.2, 0.25) is 0 Å². The second kappa shape index (κ2) is 8.64. The smallest absolute Gasteiger partial charge is 0.434 e. The number of hydroxylamine groups is 2. The molecule has 0 unspecified atom stereocenters. The van der Waals surface area contributed by atoms with Crippen molar-refractivity contribution in [2.45, 2.75) is 45.8 Å². The van der Waals surface area contributed by atoms with Gasteiger partial charge in [0.25, 0.3) is 0 Å². The fraction of sp³-hybridized carbons (Fsp3) is 0.562. The average Bonchev–Trinajstić information content (AvgIpc) is 2.41. The SMILES string of the molecule is CC(C)(C)OC(=O)N(CCCCN)OCc1ccccc1. The first kappa shape index (κ1) is 17.5. The van der Waals surface area contributed by atoms with Crippen molar-refractivity contribution < 1.29 is 14.4 Å². The van der Waals surface area contributed by atoms with Crippen molar-refractivity contribution in [3.05, 3.63) is 35.9 Å². The lowest BCUT2D eigenvalue weighted by Crippen LogP contribution is -2.37. The Morgan fingerprint density at radius 3 is 2.43 bits per heavy atom. The van der Waals surface area contributed by atoms with E-state index in [0.29, 0.717) is 19.7 Å². The van der Waals surface area contributed by atoms with Crippen LogP contribution in [0.5, 0.6) is 0 Å². The molecule has 0 radical (unpaired) electrons. The first-order valence-electron chi connectivity index (χ1n) is 7.30. The summed E-state index contributed by atoms with van der Waals surface area (Å²) in [6, 6.07) is 9.71. The van der Waals surface area contributed by atoms with E-state index in [1.54, 1.807) is 0 Å². The van der Waals surface area contributed by atoms with Crippen molar-refractivity contribution in [1.29, 1.82) is 0 Å². The molecule has 1 amide bonds. The number of benzene rings is 1. The number of amides is 1. The molecule has 0 heterocycles. The van der Waals surface area contributed by atoms with E-state index in [-0.39, 0.29) is 0 Å². The molecule has 21 heavy (non-hydrogen) atoms. The quantitative estimate of drug-likeness (QED) is 0.620. The topological polar surface area (TPSA) is 64.8 Å². The molecule has 5 heteroatoms. The van der Waals surface area contributed by atoms with Gasteiger partial charge in [0.15, 0.2) is 0 Å². The summed E-state index contributed by atoms with van der Waals surface area (Å²) in [6.07, 6.45) is 1.16. The second-order valence-corrected chi connectivity index (χ2v) is 5.84. The number of nitrogens with two attached hydrogens (primary N) is 1. The number of nitrogens with zero attached hydrogens (tertiary/aromatic N) is 1. The van der Waals surface area contributed by atoms with Crippen molar-refractivity contribution in [2.24, 2.45) is 5.73 Å². The largest absolute Gasteiger partial charge is 0.442 e. The Balaban J connectivity index is 2.56. The van der Waals surface area contributed by atoms with Crippen molar-refractivity contribution >= 4 is 6.09 Å². The van der Waals surface area contributed by atoms with Crippen LogP contribution in [0.25, 0.3) is 0 Å². The summed E-state index contributed by atoms with van der Waals surface area (Å²) in [6.45, 7) is 6.91. The van der Waals surface area contributed by atoms with Crippen LogP contribution in [-0.2, 0) is 16.2 Å². The zero-order valence-electron chi connectivity index (χ0n) is 13.2. The first-order valence-corrected chi connectivity index (χ1v) is 7.30. The molecule has 0 aliphatic heterocycles. The number of hydrogen-bond donors (Lipinski definition) is 1. The van der Waals surface area contributed by atoms with E-state index in [9.17, 15) is 4.79 Å². The van der Waals surface area contributed by atoms with Crippen molar-refractivity contribution in [2.75, 3.05) is 13.1 Å². The molecule has 0 saturated carbocycles. The highest BCUT2D eigenvalue weighted by Crippen LogP contribution is 2.12. The highest BCUT2D eigenvalue weighted by atomic mass is 16.7. The van der Waals surface area contributed by atoms with Crippen LogP contribution in [0.1, 0.15) is 39.2 Å². The van der Waals surface area contributed by atoms with E-state index in [4.69, 9.17) is 15.3 Å². The van der Waals surface area contributed by atoms with E-state index in [1.165, 1.54) is 5.06 Å². The molecule has 0 aliphatic carbocycles. The van der Waals surface area contributed by atoms with Gasteiger partial charge in [0.05, 0.1) is 6.54 Å². The van der Waals surface area contributed by atoms with E-state index in [1.807, 2.05) is 51.1 Å². The summed E-state index contributed by atoms with van der Waals surface area (Å²) in [5.41, 5.74) is 5.94. The zero-order chi connectivity index (χ0) is 15.7. The van der Waals surface area contributed by atoms with Gasteiger partial charge in [0, 0.05) is 0 Å². The monoisotopic (exact) mass is 294 g/mol. The summed E-state index contributed by atoms with van der Waals surface area (Å²) < 4.78 is 5.35. The van der Waals surface area contributed by atoms with Gasteiger partial charge in [-0.1, -0.05) is 30.3 Å². The maximum Gasteiger partial charge on any atom is 0.434 e. The van der Waals surface area contributed by atoms with Gasteiger partial charge < -0.3 is 10.5 Å². The van der Waals surface area contributed by atoms with Gasteiger partial charge >= 0.3 is 6.09 Å². The summed E-state index contributed by atoms with van der Waals surface area (Å²) in [5, 5.41) is 1.29. The third-order valence-corrected chi connectivity index (χ3v) is 2.64. The molecule has 0 bridgehead atoms. The minimum absolute atomic E-state index is 0.336. The molecule has 2 N–H and O–H groups in total. The van der Waals surface area contributed by atoms with Crippen LogP contribution in [0.15, 0.2) is 30.3 Å². The van der Waals surface area contributed by atoms with Crippen LogP contribution in [0, 0.1) is 0 Å². The van der Waals surface area contributed by atoms with Crippen LogP contribution in [-0.4, -0.2) is 29.8 Å². The fourth-order valence-electron chi connectivity index (χ4n) is 1.65. The molecular weight excluding hydrogens is 268 g/mol. The van der Waals surface area contributed by atoms with Crippen molar-refractivity contribution in [3.8, 4) is 0 Å². The molecule has 5 nitrogen and oxygen atoms in total. The average molecular weight is 294 g/mol. The standard InChI is InChI=1S/C16H26N2O3/c1-16(2,3)21-15(19)18(12-8-7-11-17)20-13-14-9-5-4-6-10-14/h4-6,9-10H,7-8,11-13,17H2,1-3H3. The summed E-state index contributed by atoms with van der Waals surface area (Å²) in [7, 11) is 0. The molecule has 1 aromatic rings. The van der Waals surface area contributed by atoms with Gasteiger partial charge in [0.2, 0.25) is 0 Å².